The lowest BCUT2D eigenvalue weighted by Gasteiger charge is -2.28. The second-order valence-corrected chi connectivity index (χ2v) is 3.37. The highest BCUT2D eigenvalue weighted by Gasteiger charge is 2.16. The first-order valence-corrected chi connectivity index (χ1v) is 4.62. The zero-order chi connectivity index (χ0) is 8.81. The Bertz CT molecular complexity index is 111. The van der Waals surface area contributed by atoms with Crippen LogP contribution < -0.4 is 0 Å². The monoisotopic (exact) mass is 173 g/mol. The van der Waals surface area contributed by atoms with E-state index in [0.29, 0.717) is 12.7 Å². The smallest absolute Gasteiger partial charge is 0.0704 e. The van der Waals surface area contributed by atoms with Gasteiger partial charge in [-0.1, -0.05) is 0 Å². The van der Waals surface area contributed by atoms with Crippen LogP contribution in [0.25, 0.3) is 0 Å². The highest BCUT2D eigenvalue weighted by Crippen LogP contribution is 2.11. The Kier molecular flexibility index (Phi) is 4.58. The van der Waals surface area contributed by atoms with Crippen LogP contribution in [0.2, 0.25) is 0 Å². The fraction of sp³-hybridized carbons (Fsp3) is 1.00. The van der Waals surface area contributed by atoms with Crippen LogP contribution >= 0.6 is 0 Å². The Morgan fingerprint density at radius 3 is 2.50 bits per heavy atom. The van der Waals surface area contributed by atoms with Gasteiger partial charge in [0.2, 0.25) is 0 Å². The molecule has 0 bridgehead atoms. The van der Waals surface area contributed by atoms with Gasteiger partial charge in [0.15, 0.2) is 0 Å². The van der Waals surface area contributed by atoms with Crippen LogP contribution in [0.5, 0.6) is 0 Å². The molecule has 1 saturated heterocycles. The molecular weight excluding hydrogens is 154 g/mol. The summed E-state index contributed by atoms with van der Waals surface area (Å²) < 4.78 is 10.5. The van der Waals surface area contributed by atoms with Crippen molar-refractivity contribution < 1.29 is 9.47 Å². The third kappa shape index (κ3) is 3.52. The number of likely N-dealkylation sites (tertiary alicyclic amines) is 1. The van der Waals surface area contributed by atoms with Gasteiger partial charge in [-0.2, -0.15) is 0 Å². The summed E-state index contributed by atoms with van der Waals surface area (Å²) in [5.74, 6) is 0. The Morgan fingerprint density at radius 2 is 1.92 bits per heavy atom. The number of nitrogens with zero attached hydrogens (tertiary/aromatic N) is 1. The van der Waals surface area contributed by atoms with Crippen LogP contribution in [0.1, 0.15) is 12.8 Å². The van der Waals surface area contributed by atoms with E-state index in [1.54, 1.807) is 7.11 Å². The number of hydrogen-bond donors (Lipinski definition) is 0. The molecule has 1 fully saturated rings. The fourth-order valence-corrected chi connectivity index (χ4v) is 1.45. The van der Waals surface area contributed by atoms with E-state index in [2.05, 4.69) is 11.9 Å². The van der Waals surface area contributed by atoms with Crippen molar-refractivity contribution in [3.8, 4) is 0 Å². The first kappa shape index (κ1) is 9.96. The van der Waals surface area contributed by atoms with Crippen molar-refractivity contribution in [1.82, 2.24) is 4.90 Å². The molecule has 0 spiro atoms. The Morgan fingerprint density at radius 1 is 1.25 bits per heavy atom. The summed E-state index contributed by atoms with van der Waals surface area (Å²) in [5.41, 5.74) is 0. The van der Waals surface area contributed by atoms with Crippen LogP contribution in [0.15, 0.2) is 0 Å². The van der Waals surface area contributed by atoms with Gasteiger partial charge in [-0.05, 0) is 19.9 Å². The van der Waals surface area contributed by atoms with Gasteiger partial charge >= 0.3 is 0 Å². The summed E-state index contributed by atoms with van der Waals surface area (Å²) >= 11 is 0. The molecule has 1 heterocycles. The largest absolute Gasteiger partial charge is 0.382 e. The van der Waals surface area contributed by atoms with Crippen molar-refractivity contribution in [2.24, 2.45) is 0 Å². The molecule has 0 N–H and O–H groups in total. The molecule has 12 heavy (non-hydrogen) atoms. The summed E-state index contributed by atoms with van der Waals surface area (Å²) in [6.07, 6.45) is 2.80. The van der Waals surface area contributed by atoms with Crippen LogP contribution in [-0.2, 0) is 9.47 Å². The molecule has 0 unspecified atom stereocenters. The van der Waals surface area contributed by atoms with E-state index in [1.807, 2.05) is 0 Å². The molecule has 0 amide bonds. The van der Waals surface area contributed by atoms with Gasteiger partial charge in [0.25, 0.3) is 0 Å². The second kappa shape index (κ2) is 5.51. The van der Waals surface area contributed by atoms with E-state index in [9.17, 15) is 0 Å². The van der Waals surface area contributed by atoms with Gasteiger partial charge in [-0.15, -0.1) is 0 Å². The van der Waals surface area contributed by atoms with Crippen molar-refractivity contribution in [3.63, 3.8) is 0 Å². The second-order valence-electron chi connectivity index (χ2n) is 3.37. The molecule has 72 valence electrons. The topological polar surface area (TPSA) is 21.7 Å². The Hall–Kier alpha value is -0.120. The number of hydrogen-bond acceptors (Lipinski definition) is 3. The molecule has 0 aromatic carbocycles. The quantitative estimate of drug-likeness (QED) is 0.585. The highest BCUT2D eigenvalue weighted by atomic mass is 16.5. The summed E-state index contributed by atoms with van der Waals surface area (Å²) in [6, 6.07) is 0. The molecule has 0 saturated carbocycles. The Balaban J connectivity index is 2.01. The standard InChI is InChI=1S/C9H19NO2/c1-10-5-3-9(4-6-10)12-8-7-11-2/h9H,3-8H2,1-2H3. The predicted molar refractivity (Wildman–Crippen MR) is 48.3 cm³/mol. The van der Waals surface area contributed by atoms with Crippen molar-refractivity contribution in [2.75, 3.05) is 40.5 Å². The van der Waals surface area contributed by atoms with E-state index in [-0.39, 0.29) is 0 Å². The highest BCUT2D eigenvalue weighted by molar-refractivity contribution is 4.69. The van der Waals surface area contributed by atoms with E-state index < -0.39 is 0 Å². The van der Waals surface area contributed by atoms with Gasteiger partial charge < -0.3 is 14.4 Å². The molecule has 0 atom stereocenters. The first-order chi connectivity index (χ1) is 5.83. The number of methoxy groups -OCH3 is 1. The number of ether oxygens (including phenoxy) is 2. The van der Waals surface area contributed by atoms with Crippen molar-refractivity contribution in [1.29, 1.82) is 0 Å². The molecule has 1 aliphatic heterocycles. The molecule has 0 aromatic rings. The molecular formula is C9H19NO2. The minimum Gasteiger partial charge on any atom is -0.382 e. The predicted octanol–water partition coefficient (Wildman–Crippen LogP) is 0.744. The Labute approximate surface area is 74.6 Å². The maximum atomic E-state index is 5.62. The first-order valence-electron chi connectivity index (χ1n) is 4.62. The van der Waals surface area contributed by atoms with Crippen LogP contribution in [0.4, 0.5) is 0 Å². The maximum absolute atomic E-state index is 5.62. The third-order valence-corrected chi connectivity index (χ3v) is 2.31. The van der Waals surface area contributed by atoms with E-state index in [1.165, 1.54) is 12.8 Å². The molecule has 0 radical (unpaired) electrons. The summed E-state index contributed by atoms with van der Waals surface area (Å²) in [7, 11) is 3.86. The molecule has 0 aromatic heterocycles. The van der Waals surface area contributed by atoms with Gasteiger partial charge in [0, 0.05) is 20.2 Å². The fourth-order valence-electron chi connectivity index (χ4n) is 1.45. The lowest BCUT2D eigenvalue weighted by Crippen LogP contribution is -2.34. The normalized spacial score (nSPS) is 21.5. The lowest BCUT2D eigenvalue weighted by atomic mass is 10.1. The zero-order valence-electron chi connectivity index (χ0n) is 8.08. The van der Waals surface area contributed by atoms with E-state index in [0.717, 1.165) is 19.7 Å². The third-order valence-electron chi connectivity index (χ3n) is 2.31. The van der Waals surface area contributed by atoms with Crippen LogP contribution in [0.3, 0.4) is 0 Å². The van der Waals surface area contributed by atoms with Crippen molar-refractivity contribution >= 4 is 0 Å². The summed E-state index contributed by atoms with van der Waals surface area (Å²) in [5, 5.41) is 0. The van der Waals surface area contributed by atoms with Gasteiger partial charge in [0.05, 0.1) is 19.3 Å². The number of rotatable bonds is 4. The molecule has 1 aliphatic rings. The van der Waals surface area contributed by atoms with Crippen molar-refractivity contribution in [3.05, 3.63) is 0 Å². The molecule has 3 nitrogen and oxygen atoms in total. The number of piperidine rings is 1. The average Bonchev–Trinajstić information content (AvgIpc) is 2.09. The van der Waals surface area contributed by atoms with Crippen LogP contribution in [0, 0.1) is 0 Å². The van der Waals surface area contributed by atoms with Gasteiger partial charge in [-0.25, -0.2) is 0 Å². The molecule has 3 heteroatoms. The molecule has 0 aliphatic carbocycles. The minimum absolute atomic E-state index is 0.469. The summed E-state index contributed by atoms with van der Waals surface area (Å²) in [4.78, 5) is 2.34. The van der Waals surface area contributed by atoms with E-state index >= 15 is 0 Å². The van der Waals surface area contributed by atoms with Crippen molar-refractivity contribution in [2.45, 2.75) is 18.9 Å². The van der Waals surface area contributed by atoms with Gasteiger partial charge in [0.1, 0.15) is 0 Å². The molecule has 1 rings (SSSR count). The minimum atomic E-state index is 0.469. The summed E-state index contributed by atoms with van der Waals surface area (Å²) in [6.45, 7) is 3.78. The average molecular weight is 173 g/mol. The maximum Gasteiger partial charge on any atom is 0.0704 e. The van der Waals surface area contributed by atoms with E-state index in [4.69, 9.17) is 9.47 Å². The van der Waals surface area contributed by atoms with Gasteiger partial charge in [-0.3, -0.25) is 0 Å². The SMILES string of the molecule is COCCOC1CCN(C)CC1. The van der Waals surface area contributed by atoms with Crippen LogP contribution in [-0.4, -0.2) is 51.5 Å². The lowest BCUT2D eigenvalue weighted by molar-refractivity contribution is -0.0111. The zero-order valence-corrected chi connectivity index (χ0v) is 8.08.